The Balaban J connectivity index is 1.52. The van der Waals surface area contributed by atoms with Crippen LogP contribution in [0.3, 0.4) is 0 Å². The number of nitrogens with one attached hydrogen (secondary N) is 2. The van der Waals surface area contributed by atoms with Gasteiger partial charge in [0.1, 0.15) is 0 Å². The topological polar surface area (TPSA) is 70.2 Å². The van der Waals surface area contributed by atoms with Crippen LogP contribution in [0.25, 0.3) is 0 Å². The Labute approximate surface area is 172 Å². The van der Waals surface area contributed by atoms with E-state index in [1.807, 2.05) is 42.5 Å². The highest BCUT2D eigenvalue weighted by Crippen LogP contribution is 2.20. The third-order valence-electron chi connectivity index (χ3n) is 4.71. The average Bonchev–Trinajstić information content (AvgIpc) is 2.77. The van der Waals surface area contributed by atoms with Crippen LogP contribution in [0.15, 0.2) is 66.7 Å². The average molecular weight is 390 g/mol. The standard InChI is InChI=1S/C23H27N5O/c1-3-28(4-2)20-12-10-19(11-13-20)25-22-15-14-21(26-27-22)23(29)24-17-16-18-8-6-5-7-9-18/h5-15H,3-4,16-17H2,1-2H3,(H,24,29)(H,25,27). The molecule has 1 heterocycles. The number of nitrogens with zero attached hydrogens (tertiary/aromatic N) is 3. The summed E-state index contributed by atoms with van der Waals surface area (Å²) in [5, 5.41) is 14.2. The SMILES string of the molecule is CCN(CC)c1ccc(Nc2ccc(C(=O)NCCc3ccccc3)nn2)cc1. The molecule has 0 aliphatic rings. The molecular weight excluding hydrogens is 362 g/mol. The number of hydrogen-bond donors (Lipinski definition) is 2. The molecule has 2 N–H and O–H groups in total. The van der Waals surface area contributed by atoms with Crippen molar-refractivity contribution in [1.29, 1.82) is 0 Å². The fraction of sp³-hybridized carbons (Fsp3) is 0.261. The molecule has 1 aromatic heterocycles. The van der Waals surface area contributed by atoms with Crippen LogP contribution < -0.4 is 15.5 Å². The van der Waals surface area contributed by atoms with Crippen molar-refractivity contribution in [2.75, 3.05) is 29.9 Å². The lowest BCUT2D eigenvalue weighted by atomic mass is 10.1. The molecule has 6 heteroatoms. The first-order valence-corrected chi connectivity index (χ1v) is 9.97. The Kier molecular flexibility index (Phi) is 7.16. The van der Waals surface area contributed by atoms with Crippen LogP contribution in [0.5, 0.6) is 0 Å². The molecule has 0 saturated carbocycles. The van der Waals surface area contributed by atoms with Gasteiger partial charge in [0, 0.05) is 31.0 Å². The van der Waals surface area contributed by atoms with Crippen molar-refractivity contribution >= 4 is 23.1 Å². The summed E-state index contributed by atoms with van der Waals surface area (Å²) in [7, 11) is 0. The highest BCUT2D eigenvalue weighted by Gasteiger charge is 2.08. The quantitative estimate of drug-likeness (QED) is 0.578. The molecule has 29 heavy (non-hydrogen) atoms. The molecule has 0 aliphatic heterocycles. The maximum Gasteiger partial charge on any atom is 0.271 e. The Bertz CT molecular complexity index is 891. The lowest BCUT2D eigenvalue weighted by molar-refractivity contribution is 0.0948. The number of aromatic nitrogens is 2. The van der Waals surface area contributed by atoms with Crippen molar-refractivity contribution in [1.82, 2.24) is 15.5 Å². The van der Waals surface area contributed by atoms with Crippen molar-refractivity contribution in [2.24, 2.45) is 0 Å². The summed E-state index contributed by atoms with van der Waals surface area (Å²) in [6.07, 6.45) is 0.781. The molecular formula is C23H27N5O. The van der Waals surface area contributed by atoms with Crippen LogP contribution in [0, 0.1) is 0 Å². The molecule has 1 amide bonds. The summed E-state index contributed by atoms with van der Waals surface area (Å²) in [6.45, 7) is 6.80. The van der Waals surface area contributed by atoms with Gasteiger partial charge in [-0.15, -0.1) is 10.2 Å². The smallest absolute Gasteiger partial charge is 0.271 e. The predicted octanol–water partition coefficient (Wildman–Crippen LogP) is 4.04. The number of carbonyl (C=O) groups is 1. The summed E-state index contributed by atoms with van der Waals surface area (Å²) in [5.41, 5.74) is 3.61. The lowest BCUT2D eigenvalue weighted by Crippen LogP contribution is -2.26. The first kappa shape index (κ1) is 20.3. The highest BCUT2D eigenvalue weighted by atomic mass is 16.1. The van der Waals surface area contributed by atoms with Crippen molar-refractivity contribution in [3.05, 3.63) is 78.0 Å². The Morgan fingerprint density at radius 1 is 0.897 bits per heavy atom. The van der Waals surface area contributed by atoms with Gasteiger partial charge in [-0.1, -0.05) is 30.3 Å². The minimum atomic E-state index is -0.219. The molecule has 0 radical (unpaired) electrons. The van der Waals surface area contributed by atoms with E-state index in [1.54, 1.807) is 12.1 Å². The summed E-state index contributed by atoms with van der Waals surface area (Å²) >= 11 is 0. The van der Waals surface area contributed by atoms with E-state index in [1.165, 1.54) is 11.3 Å². The van der Waals surface area contributed by atoms with Gasteiger partial charge in [-0.2, -0.15) is 0 Å². The van der Waals surface area contributed by atoms with Gasteiger partial charge in [-0.05, 0) is 62.2 Å². The molecule has 0 bridgehead atoms. The van der Waals surface area contributed by atoms with Crippen LogP contribution in [0.1, 0.15) is 29.9 Å². The van der Waals surface area contributed by atoms with E-state index in [-0.39, 0.29) is 5.91 Å². The second kappa shape index (κ2) is 10.2. The van der Waals surface area contributed by atoms with Crippen molar-refractivity contribution in [3.8, 4) is 0 Å². The number of anilines is 3. The van der Waals surface area contributed by atoms with Crippen LogP contribution >= 0.6 is 0 Å². The number of carbonyl (C=O) groups excluding carboxylic acids is 1. The van der Waals surface area contributed by atoms with E-state index in [0.717, 1.165) is 25.2 Å². The molecule has 0 unspecified atom stereocenters. The third kappa shape index (κ3) is 5.78. The van der Waals surface area contributed by atoms with Gasteiger partial charge in [-0.25, -0.2) is 0 Å². The summed E-state index contributed by atoms with van der Waals surface area (Å²) in [6, 6.07) is 21.7. The molecule has 0 fully saturated rings. The second-order valence-corrected chi connectivity index (χ2v) is 6.64. The molecule has 0 atom stereocenters. The molecule has 3 aromatic rings. The Hall–Kier alpha value is -3.41. The van der Waals surface area contributed by atoms with Crippen LogP contribution in [0.2, 0.25) is 0 Å². The monoisotopic (exact) mass is 389 g/mol. The number of hydrogen-bond acceptors (Lipinski definition) is 5. The van der Waals surface area contributed by atoms with E-state index >= 15 is 0 Å². The molecule has 0 saturated heterocycles. The third-order valence-corrected chi connectivity index (χ3v) is 4.71. The molecule has 0 aliphatic carbocycles. The minimum absolute atomic E-state index is 0.219. The van der Waals surface area contributed by atoms with Gasteiger partial charge in [0.05, 0.1) is 0 Å². The number of amides is 1. The van der Waals surface area contributed by atoms with Gasteiger partial charge in [0.2, 0.25) is 0 Å². The summed E-state index contributed by atoms with van der Waals surface area (Å²) < 4.78 is 0. The van der Waals surface area contributed by atoms with Gasteiger partial charge >= 0.3 is 0 Å². The fourth-order valence-electron chi connectivity index (χ4n) is 3.07. The first-order valence-electron chi connectivity index (χ1n) is 9.97. The van der Waals surface area contributed by atoms with Crippen molar-refractivity contribution in [2.45, 2.75) is 20.3 Å². The number of benzene rings is 2. The molecule has 6 nitrogen and oxygen atoms in total. The van der Waals surface area contributed by atoms with Gasteiger partial charge in [0.15, 0.2) is 11.5 Å². The summed E-state index contributed by atoms with van der Waals surface area (Å²) in [4.78, 5) is 14.5. The van der Waals surface area contributed by atoms with Crippen molar-refractivity contribution in [3.63, 3.8) is 0 Å². The molecule has 0 spiro atoms. The zero-order chi connectivity index (χ0) is 20.5. The maximum absolute atomic E-state index is 12.2. The van der Waals surface area contributed by atoms with Crippen molar-refractivity contribution < 1.29 is 4.79 Å². The fourth-order valence-corrected chi connectivity index (χ4v) is 3.07. The van der Waals surface area contributed by atoms with E-state index in [4.69, 9.17) is 0 Å². The van der Waals surface area contributed by atoms with Crippen LogP contribution in [-0.2, 0) is 6.42 Å². The van der Waals surface area contributed by atoms with E-state index in [9.17, 15) is 4.79 Å². The van der Waals surface area contributed by atoms with Crippen LogP contribution in [-0.4, -0.2) is 35.7 Å². The molecule has 2 aromatic carbocycles. The molecule has 150 valence electrons. The zero-order valence-corrected chi connectivity index (χ0v) is 16.9. The maximum atomic E-state index is 12.2. The predicted molar refractivity (Wildman–Crippen MR) is 118 cm³/mol. The normalized spacial score (nSPS) is 10.4. The lowest BCUT2D eigenvalue weighted by Gasteiger charge is -2.21. The second-order valence-electron chi connectivity index (χ2n) is 6.64. The van der Waals surface area contributed by atoms with E-state index in [2.05, 4.69) is 51.7 Å². The van der Waals surface area contributed by atoms with Crippen LogP contribution in [0.4, 0.5) is 17.2 Å². The van der Waals surface area contributed by atoms with E-state index in [0.29, 0.717) is 18.1 Å². The zero-order valence-electron chi connectivity index (χ0n) is 16.9. The van der Waals surface area contributed by atoms with E-state index < -0.39 is 0 Å². The Morgan fingerprint density at radius 3 is 2.24 bits per heavy atom. The van der Waals surface area contributed by atoms with Gasteiger partial charge in [0.25, 0.3) is 5.91 Å². The molecule has 3 rings (SSSR count). The largest absolute Gasteiger partial charge is 0.372 e. The van der Waals surface area contributed by atoms with Gasteiger partial charge < -0.3 is 15.5 Å². The van der Waals surface area contributed by atoms with Gasteiger partial charge in [-0.3, -0.25) is 4.79 Å². The Morgan fingerprint density at radius 2 is 1.62 bits per heavy atom. The minimum Gasteiger partial charge on any atom is -0.372 e. The first-order chi connectivity index (χ1) is 14.2. The summed E-state index contributed by atoms with van der Waals surface area (Å²) in [5.74, 6) is 0.380. The number of rotatable bonds is 9. The highest BCUT2D eigenvalue weighted by molar-refractivity contribution is 5.92.